The summed E-state index contributed by atoms with van der Waals surface area (Å²) in [7, 11) is 0. The molecule has 0 spiro atoms. The van der Waals surface area contributed by atoms with E-state index < -0.39 is 0 Å². The summed E-state index contributed by atoms with van der Waals surface area (Å²) in [4.78, 5) is 2.31. The smallest absolute Gasteiger partial charge is 0.0813 e. The van der Waals surface area contributed by atoms with Gasteiger partial charge in [0.2, 0.25) is 0 Å². The SMILES string of the molecule is OCCC#Cc1ccc(COC2CCCCCC2)s1. The topological polar surface area (TPSA) is 29.5 Å². The van der Waals surface area contributed by atoms with Gasteiger partial charge < -0.3 is 9.84 Å². The highest BCUT2D eigenvalue weighted by Gasteiger charge is 2.12. The van der Waals surface area contributed by atoms with E-state index >= 15 is 0 Å². The second-order valence-corrected chi connectivity index (χ2v) is 6.13. The Bertz CT molecular complexity index is 419. The number of hydrogen-bond acceptors (Lipinski definition) is 3. The summed E-state index contributed by atoms with van der Waals surface area (Å²) in [5.74, 6) is 6.01. The molecule has 0 unspecified atom stereocenters. The quantitative estimate of drug-likeness (QED) is 0.672. The summed E-state index contributed by atoms with van der Waals surface area (Å²) in [5.41, 5.74) is 0. The van der Waals surface area contributed by atoms with Crippen molar-refractivity contribution in [3.05, 3.63) is 21.9 Å². The van der Waals surface area contributed by atoms with Crippen molar-refractivity contribution in [1.29, 1.82) is 0 Å². The van der Waals surface area contributed by atoms with Crippen LogP contribution in [0, 0.1) is 11.8 Å². The van der Waals surface area contributed by atoms with Gasteiger partial charge in [-0.15, -0.1) is 11.3 Å². The molecule has 3 heteroatoms. The van der Waals surface area contributed by atoms with E-state index in [0.29, 0.717) is 12.5 Å². The largest absolute Gasteiger partial charge is 0.395 e. The molecule has 1 aliphatic rings. The zero-order chi connectivity index (χ0) is 13.3. The second kappa shape index (κ2) is 8.37. The summed E-state index contributed by atoms with van der Waals surface area (Å²) in [6.07, 6.45) is 8.79. The van der Waals surface area contributed by atoms with E-state index in [1.165, 1.54) is 43.4 Å². The lowest BCUT2D eigenvalue weighted by molar-refractivity contribution is 0.0324. The Labute approximate surface area is 119 Å². The minimum Gasteiger partial charge on any atom is -0.395 e. The Balaban J connectivity index is 1.78. The van der Waals surface area contributed by atoms with Gasteiger partial charge in [-0.05, 0) is 25.0 Å². The molecule has 1 N–H and O–H groups in total. The van der Waals surface area contributed by atoms with Crippen LogP contribution in [0.2, 0.25) is 0 Å². The zero-order valence-electron chi connectivity index (χ0n) is 11.4. The molecule has 0 aliphatic heterocycles. The third kappa shape index (κ3) is 5.36. The highest BCUT2D eigenvalue weighted by molar-refractivity contribution is 7.12. The van der Waals surface area contributed by atoms with E-state index in [1.807, 2.05) is 6.07 Å². The summed E-state index contributed by atoms with van der Waals surface area (Å²) >= 11 is 1.70. The lowest BCUT2D eigenvalue weighted by atomic mass is 10.1. The van der Waals surface area contributed by atoms with Crippen LogP contribution in [0.3, 0.4) is 0 Å². The van der Waals surface area contributed by atoms with Crippen molar-refractivity contribution in [3.63, 3.8) is 0 Å². The maximum Gasteiger partial charge on any atom is 0.0813 e. The predicted octanol–water partition coefficient (Wildman–Crippen LogP) is 3.72. The lowest BCUT2D eigenvalue weighted by Gasteiger charge is -2.14. The van der Waals surface area contributed by atoms with Gasteiger partial charge in [0, 0.05) is 11.3 Å². The van der Waals surface area contributed by atoms with E-state index in [4.69, 9.17) is 9.84 Å². The Morgan fingerprint density at radius 3 is 2.74 bits per heavy atom. The van der Waals surface area contributed by atoms with Gasteiger partial charge in [-0.25, -0.2) is 0 Å². The number of aliphatic hydroxyl groups excluding tert-OH is 1. The van der Waals surface area contributed by atoms with Gasteiger partial charge >= 0.3 is 0 Å². The first kappa shape index (κ1) is 14.6. The highest BCUT2D eigenvalue weighted by Crippen LogP contribution is 2.23. The van der Waals surface area contributed by atoms with Gasteiger partial charge in [0.1, 0.15) is 0 Å². The Morgan fingerprint density at radius 1 is 1.21 bits per heavy atom. The molecule has 0 amide bonds. The highest BCUT2D eigenvalue weighted by atomic mass is 32.1. The van der Waals surface area contributed by atoms with Crippen molar-refractivity contribution in [1.82, 2.24) is 0 Å². The molecule has 0 atom stereocenters. The average Bonchev–Trinajstić information content (AvgIpc) is 2.71. The van der Waals surface area contributed by atoms with E-state index in [2.05, 4.69) is 17.9 Å². The molecule has 0 aromatic carbocycles. The first-order valence-electron chi connectivity index (χ1n) is 7.18. The first-order chi connectivity index (χ1) is 9.38. The molecule has 2 rings (SSSR count). The van der Waals surface area contributed by atoms with Crippen LogP contribution in [0.4, 0.5) is 0 Å². The van der Waals surface area contributed by atoms with Crippen LogP contribution in [-0.2, 0) is 11.3 Å². The molecule has 1 aliphatic carbocycles. The van der Waals surface area contributed by atoms with Gasteiger partial charge in [-0.1, -0.05) is 37.5 Å². The van der Waals surface area contributed by atoms with Crippen molar-refractivity contribution in [2.24, 2.45) is 0 Å². The van der Waals surface area contributed by atoms with E-state index in [0.717, 1.165) is 11.5 Å². The summed E-state index contributed by atoms with van der Waals surface area (Å²) in [5, 5.41) is 8.68. The van der Waals surface area contributed by atoms with Crippen molar-refractivity contribution >= 4 is 11.3 Å². The molecule has 1 aromatic rings. The van der Waals surface area contributed by atoms with Gasteiger partial charge in [-0.2, -0.15) is 0 Å². The predicted molar refractivity (Wildman–Crippen MR) is 79.2 cm³/mol. The van der Waals surface area contributed by atoms with Crippen LogP contribution < -0.4 is 0 Å². The minimum absolute atomic E-state index is 0.135. The van der Waals surface area contributed by atoms with Crippen molar-refractivity contribution in [2.45, 2.75) is 57.7 Å². The van der Waals surface area contributed by atoms with Crippen molar-refractivity contribution in [2.75, 3.05) is 6.61 Å². The third-order valence-corrected chi connectivity index (χ3v) is 4.35. The number of hydrogen-bond donors (Lipinski definition) is 1. The molecule has 0 saturated heterocycles. The molecular formula is C16H22O2S. The molecule has 1 heterocycles. The molecule has 19 heavy (non-hydrogen) atoms. The van der Waals surface area contributed by atoms with Crippen LogP contribution in [0.15, 0.2) is 12.1 Å². The molecular weight excluding hydrogens is 256 g/mol. The van der Waals surface area contributed by atoms with E-state index in [-0.39, 0.29) is 6.61 Å². The average molecular weight is 278 g/mol. The molecule has 1 saturated carbocycles. The zero-order valence-corrected chi connectivity index (χ0v) is 12.2. The molecule has 1 fully saturated rings. The van der Waals surface area contributed by atoms with Crippen LogP contribution in [0.25, 0.3) is 0 Å². The second-order valence-electron chi connectivity index (χ2n) is 4.97. The Kier molecular flexibility index (Phi) is 6.43. The monoisotopic (exact) mass is 278 g/mol. The normalized spacial score (nSPS) is 16.7. The standard InChI is InChI=1S/C16H22O2S/c17-12-6-5-9-15-10-11-16(19-15)13-18-14-7-3-1-2-4-8-14/h10-11,14,17H,1-4,6-8,12-13H2. The fourth-order valence-corrected chi connectivity index (χ4v) is 3.14. The van der Waals surface area contributed by atoms with E-state index in [1.54, 1.807) is 11.3 Å². The number of rotatable bonds is 4. The van der Waals surface area contributed by atoms with Gasteiger partial charge in [0.15, 0.2) is 0 Å². The molecule has 104 valence electrons. The fourth-order valence-electron chi connectivity index (χ4n) is 2.34. The fraction of sp³-hybridized carbons (Fsp3) is 0.625. The maximum absolute atomic E-state index is 8.68. The number of ether oxygens (including phenoxy) is 1. The third-order valence-electron chi connectivity index (χ3n) is 3.37. The lowest BCUT2D eigenvalue weighted by Crippen LogP contribution is -2.10. The van der Waals surface area contributed by atoms with E-state index in [9.17, 15) is 0 Å². The number of thiophene rings is 1. The maximum atomic E-state index is 8.68. The summed E-state index contributed by atoms with van der Waals surface area (Å²) in [6, 6.07) is 4.14. The van der Waals surface area contributed by atoms with Gasteiger partial charge in [-0.3, -0.25) is 0 Å². The molecule has 0 bridgehead atoms. The molecule has 1 aromatic heterocycles. The molecule has 2 nitrogen and oxygen atoms in total. The van der Waals surface area contributed by atoms with Gasteiger partial charge in [0.25, 0.3) is 0 Å². The summed E-state index contributed by atoms with van der Waals surface area (Å²) < 4.78 is 6.01. The molecule has 0 radical (unpaired) electrons. The van der Waals surface area contributed by atoms with Crippen LogP contribution in [-0.4, -0.2) is 17.8 Å². The number of aliphatic hydroxyl groups is 1. The van der Waals surface area contributed by atoms with Crippen molar-refractivity contribution in [3.8, 4) is 11.8 Å². The summed E-state index contributed by atoms with van der Waals surface area (Å²) in [6.45, 7) is 0.854. The van der Waals surface area contributed by atoms with Crippen LogP contribution in [0.1, 0.15) is 54.7 Å². The van der Waals surface area contributed by atoms with Crippen molar-refractivity contribution < 1.29 is 9.84 Å². The van der Waals surface area contributed by atoms with Crippen LogP contribution >= 0.6 is 11.3 Å². The Hall–Kier alpha value is -0.820. The first-order valence-corrected chi connectivity index (χ1v) is 8.00. The van der Waals surface area contributed by atoms with Gasteiger partial charge in [0.05, 0.1) is 24.2 Å². The minimum atomic E-state index is 0.135. The Morgan fingerprint density at radius 2 is 2.00 bits per heavy atom. The van der Waals surface area contributed by atoms with Crippen LogP contribution in [0.5, 0.6) is 0 Å².